The van der Waals surface area contributed by atoms with Crippen LogP contribution in [0, 0.1) is 49.9 Å². The molecule has 4 unspecified atom stereocenters. The number of alkyl halides is 9. The summed E-state index contributed by atoms with van der Waals surface area (Å²) in [6, 6.07) is 41.4. The molecular weight excluding hydrogens is 2350 g/mol. The number of nitriles is 2. The van der Waals surface area contributed by atoms with Gasteiger partial charge in [-0.25, -0.2) is 45.1 Å². The molecule has 128 heavy (non-hydrogen) atoms. The molecule has 0 radical (unpaired) electrons. The molecule has 7 heterocycles. The standard InChI is InChI=1S/C18H11BrF2N2OS.C11H7BrF2INOS.C11H9BrF2N2OS.C8H7BrN2S2.C8H8N2S2.C7H6BNO2.C7H5BrN2OS.C4H5BrF2.C4H8O.CH4O.CH3O.2CH4.Na/c19-15-13(12-4-2-1-3-10(12)8-22)5-6-14-16(15)25-17(24)23(14)9-11-7-18(11,20)21;2*12-8-6(15)1-2-7-9(8)18-10(17)16(7)4-5-3-11(5,13)14;1-12-8-11-5-3-2-4(10)6(9)7(5)13-8;1-11-8-10-6-3-2-5(9)4-7(6)12-8;9-5-6-3-1-2-4-7(6)8(10)11;8-5-3(9)1-2-4-6(5)12-7(11)10-4;5-2-3-1-4(3,6)7;1-2-4-5-3-1;2*1-2;;;/h1-6,11H,7,9H2;1-2,5H,3-4H2;1-2,5H,3-4,15H2;2-3H,10H2,1H3;2-4H,9H2,1H3;1-4,10-11H;1-2H,9H2,(H,10,11);3H,1-2H2;1-4H2;2H,1H3;1H3;2*1H4;/q;;;;;;;;;;-1;;;+1. The second-order valence-electron chi connectivity index (χ2n) is 27.4. The first-order chi connectivity index (χ1) is 59.3. The Labute approximate surface area is 848 Å². The quantitative estimate of drug-likeness (QED) is 0.0149. The van der Waals surface area contributed by atoms with Gasteiger partial charge in [-0.3, -0.25) is 32.9 Å². The summed E-state index contributed by atoms with van der Waals surface area (Å²) in [4.78, 5) is 57.8. The number of hydrogen-bond donors (Lipinski definition) is 8. The van der Waals surface area contributed by atoms with E-state index in [1.807, 2.05) is 79.2 Å². The van der Waals surface area contributed by atoms with Crippen molar-refractivity contribution in [3.8, 4) is 23.3 Å². The minimum absolute atomic E-state index is 0. The van der Waals surface area contributed by atoms with Gasteiger partial charge in [0, 0.05) is 131 Å². The van der Waals surface area contributed by atoms with Crippen LogP contribution in [0.25, 0.3) is 72.4 Å². The van der Waals surface area contributed by atoms with Crippen LogP contribution >= 0.6 is 210 Å². The number of nitrogen functional groups attached to an aromatic ring is 4. The fraction of sp³-hybridized carbons (Fsp3) is 0.317. The summed E-state index contributed by atoms with van der Waals surface area (Å²) in [5.74, 6) is -12.7. The average molecular weight is 2430 g/mol. The number of hydrogen-bond acceptors (Lipinski definition) is 25. The van der Waals surface area contributed by atoms with Crippen LogP contribution in [0.2, 0.25) is 0 Å². The van der Waals surface area contributed by atoms with Gasteiger partial charge in [-0.05, 0) is 224 Å². The van der Waals surface area contributed by atoms with Crippen molar-refractivity contribution in [1.29, 1.82) is 10.5 Å². The Balaban J connectivity index is 0.000000226. The third kappa shape index (κ3) is 28.8. The van der Waals surface area contributed by atoms with Gasteiger partial charge in [-0.15, -0.1) is 22.7 Å². The van der Waals surface area contributed by atoms with Gasteiger partial charge in [0.05, 0.1) is 102 Å². The smallest absolute Gasteiger partial charge is 0.857 e. The van der Waals surface area contributed by atoms with Crippen molar-refractivity contribution in [3.05, 3.63) is 203 Å². The molecule has 6 aromatic heterocycles. The van der Waals surface area contributed by atoms with Crippen LogP contribution in [-0.4, -0.2) is 120 Å². The van der Waals surface area contributed by atoms with E-state index in [1.165, 1.54) is 43.4 Å². The summed E-state index contributed by atoms with van der Waals surface area (Å²) in [5.41, 5.74) is 33.1. The average Bonchev–Trinajstić information content (AvgIpc) is 1.60. The van der Waals surface area contributed by atoms with Crippen LogP contribution in [0.15, 0.2) is 178 Å². The number of aromatic amines is 1. The molecule has 19 rings (SSSR count). The maximum atomic E-state index is 13.2. The van der Waals surface area contributed by atoms with Gasteiger partial charge in [0.2, 0.25) is 0 Å². The zero-order valence-electron chi connectivity index (χ0n) is 66.7. The zero-order chi connectivity index (χ0) is 91.9. The minimum atomic E-state index is -2.66. The molecule has 12 N–H and O–H groups in total. The Hall–Kier alpha value is -4.91. The summed E-state index contributed by atoms with van der Waals surface area (Å²) in [5, 5.41) is 51.0. The van der Waals surface area contributed by atoms with Crippen molar-refractivity contribution in [2.75, 3.05) is 68.2 Å². The number of rotatable bonds is 11. The number of halogens is 15. The van der Waals surface area contributed by atoms with Crippen LogP contribution in [-0.2, 0) is 24.4 Å². The van der Waals surface area contributed by atoms with E-state index in [0.717, 1.165) is 157 Å². The van der Waals surface area contributed by atoms with Crippen LogP contribution in [0.5, 0.6) is 0 Å². The van der Waals surface area contributed by atoms with Gasteiger partial charge in [0.1, 0.15) is 0 Å². The number of fused-ring (bicyclic) bond motifs is 6. The monoisotopic (exact) mass is 2420 g/mol. The van der Waals surface area contributed by atoms with Crippen molar-refractivity contribution in [1.82, 2.24) is 28.7 Å². The molecule has 5 aliphatic rings. The normalized spacial score (nSPS) is 16.4. The number of aliphatic hydroxyl groups excluding tert-OH is 1. The van der Waals surface area contributed by atoms with E-state index in [4.69, 9.17) is 53.2 Å². The Morgan fingerprint density at radius 3 is 1.39 bits per heavy atom. The third-order valence-electron chi connectivity index (χ3n) is 18.9. The first kappa shape index (κ1) is 112. The Bertz CT molecular complexity index is 6380. The van der Waals surface area contributed by atoms with Crippen molar-refractivity contribution in [2.45, 2.75) is 105 Å². The Morgan fingerprint density at radius 2 is 0.945 bits per heavy atom. The number of aliphatic hydroxyl groups is 1. The summed E-state index contributed by atoms with van der Waals surface area (Å²) in [6.07, 6.45) is 6.29. The first-order valence-electron chi connectivity index (χ1n) is 36.7. The topological polar surface area (TPSA) is 369 Å². The summed E-state index contributed by atoms with van der Waals surface area (Å²) >= 11 is 33.2. The number of ether oxygens (including phenoxy) is 1. The number of aromatic nitrogens is 6. The van der Waals surface area contributed by atoms with E-state index in [2.05, 4.69) is 139 Å². The van der Waals surface area contributed by atoms with E-state index >= 15 is 0 Å². The first-order valence-corrected chi connectivity index (χ1v) is 50.2. The van der Waals surface area contributed by atoms with E-state index in [0.29, 0.717) is 57.2 Å². The molecule has 1 saturated heterocycles. The van der Waals surface area contributed by atoms with E-state index < -0.39 is 48.6 Å². The van der Waals surface area contributed by atoms with Crippen molar-refractivity contribution in [2.24, 2.45) is 23.7 Å². The molecule has 1 aliphatic heterocycles. The number of benzene rings is 8. The molecule has 4 atom stereocenters. The number of thiazole rings is 6. The van der Waals surface area contributed by atoms with Gasteiger partial charge in [0.15, 0.2) is 8.68 Å². The molecule has 8 aromatic carbocycles. The zero-order valence-corrected chi connectivity index (χ0v) is 86.9. The molecule has 21 nitrogen and oxygen atoms in total. The maximum absolute atomic E-state index is 13.2. The largest absolute Gasteiger partial charge is 1.00 e. The van der Waals surface area contributed by atoms with Crippen LogP contribution in [0.3, 0.4) is 0 Å². The molecule has 14 aromatic rings. The van der Waals surface area contributed by atoms with Gasteiger partial charge >= 0.3 is 56.2 Å². The number of nitrogens with two attached hydrogens (primary N) is 4. The van der Waals surface area contributed by atoms with Gasteiger partial charge < -0.3 is 52.9 Å². The fourth-order valence-corrected chi connectivity index (χ4v) is 22.8. The molecular formula is C82H81BBr6F8IN12NaO9S8. The summed E-state index contributed by atoms with van der Waals surface area (Å²) < 4.78 is 124. The van der Waals surface area contributed by atoms with Crippen LogP contribution in [0.4, 0.5) is 57.9 Å². The Morgan fingerprint density at radius 1 is 0.539 bits per heavy atom. The van der Waals surface area contributed by atoms with Crippen molar-refractivity contribution in [3.63, 3.8) is 0 Å². The van der Waals surface area contributed by atoms with Crippen molar-refractivity contribution < 1.29 is 89.7 Å². The minimum Gasteiger partial charge on any atom is -0.857 e. The van der Waals surface area contributed by atoms with Gasteiger partial charge in [0.25, 0.3) is 23.7 Å². The molecule has 0 amide bonds. The van der Waals surface area contributed by atoms with Gasteiger partial charge in [-0.2, -0.15) is 17.6 Å². The summed E-state index contributed by atoms with van der Waals surface area (Å²) in [7, 11) is 0.186. The van der Waals surface area contributed by atoms with E-state index in [-0.39, 0.29) is 121 Å². The number of anilines is 4. The maximum Gasteiger partial charge on any atom is 1.00 e. The SMILES string of the molecule is C.C.C1CCOC1.CO.CSc1nc2ccc(N)c(Br)c2s1.CSc1nc2ccc(N)cc2s1.C[O-].FC1(F)CC1CBr.N#Cc1ccccc1-c1ccc2c(sc(=O)n2CC2CC2(F)F)c1Br.N#Cc1ccccc1B(O)O.Nc1ccc2[nH]c(=O)sc2c1Br.Nc1ccc2c(sc(=O)n2CC2CC2(F)F)c1Br.O=c1sc2c(Br)c(I)ccc2n1CC1CC1(F)F.[Na+]. The van der Waals surface area contributed by atoms with Gasteiger partial charge in [-0.1, -0.05) is 142 Å². The number of thioether (sulfide) groups is 2. The molecule has 4 saturated carbocycles. The third-order valence-corrected chi connectivity index (χ3v) is 34.8. The predicted octanol–water partition coefficient (Wildman–Crippen LogP) is 19.0. The fourth-order valence-electron chi connectivity index (χ4n) is 11.7. The molecule has 680 valence electrons. The molecule has 0 bridgehead atoms. The second kappa shape index (κ2) is 50.1. The molecule has 4 aliphatic carbocycles. The number of H-pyrrole nitrogens is 1. The predicted molar refractivity (Wildman–Crippen MR) is 537 cm³/mol. The summed E-state index contributed by atoms with van der Waals surface area (Å²) in [6.45, 7) is 2.22. The van der Waals surface area contributed by atoms with Crippen LogP contribution < -0.4 is 82.6 Å². The van der Waals surface area contributed by atoms with Crippen LogP contribution in [0.1, 0.15) is 64.5 Å². The molecule has 46 heteroatoms. The Kier molecular flexibility index (Phi) is 43.7. The van der Waals surface area contributed by atoms with E-state index in [1.54, 1.807) is 101 Å². The van der Waals surface area contributed by atoms with E-state index in [9.17, 15) is 59.6 Å². The molecule has 5 fully saturated rings. The second-order valence-corrected chi connectivity index (χ2v) is 41.1. The number of nitrogens with zero attached hydrogens (tertiary/aromatic N) is 7. The number of nitrogens with one attached hydrogen (secondary N) is 1. The molecule has 0 spiro atoms. The van der Waals surface area contributed by atoms with Crippen molar-refractivity contribution >= 4 is 306 Å².